The quantitative estimate of drug-likeness (QED) is 0.833. The van der Waals surface area contributed by atoms with E-state index in [1.54, 1.807) is 18.7 Å². The summed E-state index contributed by atoms with van der Waals surface area (Å²) in [5.74, 6) is -0.150. The second-order valence-corrected chi connectivity index (χ2v) is 7.55. The number of carbonyl (C=O) groups excluding carboxylic acids is 1. The Balaban J connectivity index is 1.85. The second-order valence-electron chi connectivity index (χ2n) is 7.55. The average Bonchev–Trinajstić information content (AvgIpc) is 2.94. The van der Waals surface area contributed by atoms with Gasteiger partial charge in [-0.2, -0.15) is 18.3 Å². The van der Waals surface area contributed by atoms with E-state index in [1.807, 2.05) is 0 Å². The fourth-order valence-electron chi connectivity index (χ4n) is 3.51. The molecule has 1 aliphatic rings. The molecule has 0 atom stereocenters. The van der Waals surface area contributed by atoms with Crippen molar-refractivity contribution < 1.29 is 23.1 Å². The first kappa shape index (κ1) is 20.3. The van der Waals surface area contributed by atoms with Crippen molar-refractivity contribution in [3.8, 4) is 0 Å². The number of aromatic nitrogens is 4. The Bertz CT molecular complexity index is 955. The van der Waals surface area contributed by atoms with Crippen LogP contribution in [-0.4, -0.2) is 53.9 Å². The predicted octanol–water partition coefficient (Wildman–Crippen LogP) is 1.16. The van der Waals surface area contributed by atoms with E-state index in [0.29, 0.717) is 17.8 Å². The number of hydrogen-bond donors (Lipinski definition) is 1. The van der Waals surface area contributed by atoms with E-state index in [4.69, 9.17) is 0 Å². The smallest absolute Gasteiger partial charge is 0.388 e. The number of likely N-dealkylation sites (tertiary alicyclic amines) is 1. The maximum atomic E-state index is 13.2. The summed E-state index contributed by atoms with van der Waals surface area (Å²) >= 11 is 0. The molecule has 0 radical (unpaired) electrons. The molecule has 1 amide bonds. The van der Waals surface area contributed by atoms with Crippen molar-refractivity contribution in [3.05, 3.63) is 22.4 Å². The molecule has 1 fully saturated rings. The Morgan fingerprint density at radius 2 is 1.89 bits per heavy atom. The van der Waals surface area contributed by atoms with E-state index < -0.39 is 34.1 Å². The number of nitrogens with zero attached hydrogens (tertiary/aromatic N) is 5. The Morgan fingerprint density at radius 1 is 1.29 bits per heavy atom. The lowest BCUT2D eigenvalue weighted by molar-refractivity contribution is -0.142. The number of alkyl halides is 3. The summed E-state index contributed by atoms with van der Waals surface area (Å²) in [7, 11) is 1.10. The number of aryl methyl sites for hydroxylation is 1. The van der Waals surface area contributed by atoms with Crippen molar-refractivity contribution in [1.29, 1.82) is 0 Å². The standard InChI is InChI=1S/C17H22F3N5O3/c1-10(2)14(26)24-6-4-16(28,5-7-24)8-25-9-21-11-12(15(25)27)22-23(3)13(11)17(18,19)20/h9-10,28H,4-8H2,1-3H3. The zero-order chi connectivity index (χ0) is 20.9. The molecule has 0 aliphatic carbocycles. The van der Waals surface area contributed by atoms with Gasteiger partial charge in [-0.1, -0.05) is 13.8 Å². The highest BCUT2D eigenvalue weighted by Crippen LogP contribution is 2.32. The molecule has 0 saturated carbocycles. The second kappa shape index (κ2) is 6.87. The summed E-state index contributed by atoms with van der Waals surface area (Å²) in [4.78, 5) is 30.1. The van der Waals surface area contributed by atoms with Crippen LogP contribution in [-0.2, 0) is 24.6 Å². The highest BCUT2D eigenvalue weighted by molar-refractivity contribution is 5.78. The number of halogens is 3. The summed E-state index contributed by atoms with van der Waals surface area (Å²) < 4.78 is 41.1. The third kappa shape index (κ3) is 3.62. The number of fused-ring (bicyclic) bond motifs is 1. The molecular formula is C17H22F3N5O3. The van der Waals surface area contributed by atoms with E-state index >= 15 is 0 Å². The Kier molecular flexibility index (Phi) is 4.98. The lowest BCUT2D eigenvalue weighted by Gasteiger charge is -2.39. The van der Waals surface area contributed by atoms with E-state index in [2.05, 4.69) is 10.1 Å². The van der Waals surface area contributed by atoms with Gasteiger partial charge in [-0.3, -0.25) is 18.8 Å². The van der Waals surface area contributed by atoms with Crippen molar-refractivity contribution in [2.75, 3.05) is 13.1 Å². The maximum Gasteiger partial charge on any atom is 0.435 e. The largest absolute Gasteiger partial charge is 0.435 e. The number of aliphatic hydroxyl groups is 1. The van der Waals surface area contributed by atoms with Crippen molar-refractivity contribution in [2.24, 2.45) is 13.0 Å². The molecule has 0 aromatic carbocycles. The third-order valence-corrected chi connectivity index (χ3v) is 5.04. The van der Waals surface area contributed by atoms with E-state index in [1.165, 1.54) is 0 Å². The van der Waals surface area contributed by atoms with Crippen LogP contribution in [0.2, 0.25) is 0 Å². The molecular weight excluding hydrogens is 379 g/mol. The summed E-state index contributed by atoms with van der Waals surface area (Å²) in [5.41, 5.74) is -4.00. The van der Waals surface area contributed by atoms with Crippen LogP contribution in [0, 0.1) is 5.92 Å². The molecule has 1 aliphatic heterocycles. The lowest BCUT2D eigenvalue weighted by Crippen LogP contribution is -2.50. The molecule has 11 heteroatoms. The van der Waals surface area contributed by atoms with Crippen LogP contribution in [0.5, 0.6) is 0 Å². The van der Waals surface area contributed by atoms with Gasteiger partial charge in [-0.05, 0) is 12.8 Å². The monoisotopic (exact) mass is 401 g/mol. The van der Waals surface area contributed by atoms with E-state index in [0.717, 1.165) is 17.9 Å². The van der Waals surface area contributed by atoms with Gasteiger partial charge in [0.15, 0.2) is 11.2 Å². The molecule has 0 unspecified atom stereocenters. The highest BCUT2D eigenvalue weighted by Gasteiger charge is 2.39. The topological polar surface area (TPSA) is 93.2 Å². The maximum absolute atomic E-state index is 13.2. The van der Waals surface area contributed by atoms with Crippen LogP contribution in [0.4, 0.5) is 13.2 Å². The summed E-state index contributed by atoms with van der Waals surface area (Å²) in [6.45, 7) is 4.16. The minimum atomic E-state index is -4.69. The molecule has 0 spiro atoms. The van der Waals surface area contributed by atoms with Crippen molar-refractivity contribution >= 4 is 16.9 Å². The summed E-state index contributed by atoms with van der Waals surface area (Å²) in [6, 6.07) is 0. The molecule has 0 bridgehead atoms. The Hall–Kier alpha value is -2.43. The molecule has 154 valence electrons. The summed E-state index contributed by atoms with van der Waals surface area (Å²) in [6.07, 6.45) is -3.17. The van der Waals surface area contributed by atoms with Gasteiger partial charge in [0.25, 0.3) is 5.56 Å². The Morgan fingerprint density at radius 3 is 2.43 bits per heavy atom. The zero-order valence-corrected chi connectivity index (χ0v) is 15.8. The SMILES string of the molecule is CC(C)C(=O)N1CCC(O)(Cn2cnc3c(C(F)(F)F)n(C)nc3c2=O)CC1. The first-order valence-corrected chi connectivity index (χ1v) is 8.93. The average molecular weight is 401 g/mol. The van der Waals surface area contributed by atoms with Crippen LogP contribution in [0.3, 0.4) is 0 Å². The van der Waals surface area contributed by atoms with Gasteiger partial charge < -0.3 is 10.0 Å². The number of rotatable bonds is 3. The van der Waals surface area contributed by atoms with Crippen LogP contribution < -0.4 is 5.56 Å². The first-order valence-electron chi connectivity index (χ1n) is 8.93. The van der Waals surface area contributed by atoms with E-state index in [-0.39, 0.29) is 31.2 Å². The van der Waals surface area contributed by atoms with Crippen LogP contribution in [0.1, 0.15) is 32.4 Å². The molecule has 8 nitrogen and oxygen atoms in total. The highest BCUT2D eigenvalue weighted by atomic mass is 19.4. The molecule has 2 aromatic heterocycles. The van der Waals surface area contributed by atoms with Gasteiger partial charge in [0.1, 0.15) is 5.52 Å². The first-order chi connectivity index (χ1) is 12.9. The van der Waals surface area contributed by atoms with Gasteiger partial charge in [-0.25, -0.2) is 4.98 Å². The Labute approximate surface area is 158 Å². The molecule has 28 heavy (non-hydrogen) atoms. The third-order valence-electron chi connectivity index (χ3n) is 5.04. The normalized spacial score (nSPS) is 17.5. The van der Waals surface area contributed by atoms with Gasteiger partial charge in [-0.15, -0.1) is 0 Å². The number of amides is 1. The van der Waals surface area contributed by atoms with Crippen LogP contribution in [0.15, 0.2) is 11.1 Å². The molecule has 1 saturated heterocycles. The fourth-order valence-corrected chi connectivity index (χ4v) is 3.51. The van der Waals surface area contributed by atoms with Gasteiger partial charge in [0, 0.05) is 26.1 Å². The lowest BCUT2D eigenvalue weighted by atomic mass is 9.90. The predicted molar refractivity (Wildman–Crippen MR) is 93.4 cm³/mol. The van der Waals surface area contributed by atoms with Gasteiger partial charge >= 0.3 is 6.18 Å². The molecule has 1 N–H and O–H groups in total. The molecule has 3 heterocycles. The van der Waals surface area contributed by atoms with Crippen molar-refractivity contribution in [2.45, 2.75) is 45.0 Å². The number of piperidine rings is 1. The van der Waals surface area contributed by atoms with Gasteiger partial charge in [0.05, 0.1) is 18.5 Å². The van der Waals surface area contributed by atoms with Crippen LogP contribution >= 0.6 is 0 Å². The van der Waals surface area contributed by atoms with Crippen LogP contribution in [0.25, 0.3) is 11.0 Å². The molecule has 3 rings (SSSR count). The summed E-state index contributed by atoms with van der Waals surface area (Å²) in [5, 5.41) is 14.5. The number of hydrogen-bond acceptors (Lipinski definition) is 5. The molecule has 2 aromatic rings. The fraction of sp³-hybridized carbons (Fsp3) is 0.647. The zero-order valence-electron chi connectivity index (χ0n) is 15.8. The number of carbonyl (C=O) groups is 1. The van der Waals surface area contributed by atoms with Gasteiger partial charge in [0.2, 0.25) is 5.91 Å². The van der Waals surface area contributed by atoms with Crippen molar-refractivity contribution in [1.82, 2.24) is 24.2 Å². The van der Waals surface area contributed by atoms with Crippen molar-refractivity contribution in [3.63, 3.8) is 0 Å². The van der Waals surface area contributed by atoms with E-state index in [9.17, 15) is 27.9 Å². The minimum absolute atomic E-state index is 0.00420. The minimum Gasteiger partial charge on any atom is -0.388 e.